The lowest BCUT2D eigenvalue weighted by Gasteiger charge is -2.28. The lowest BCUT2D eigenvalue weighted by molar-refractivity contribution is -0.123. The summed E-state index contributed by atoms with van der Waals surface area (Å²) < 4.78 is 5.32. The van der Waals surface area contributed by atoms with Gasteiger partial charge in [0.25, 0.3) is 0 Å². The van der Waals surface area contributed by atoms with Gasteiger partial charge in [-0.2, -0.15) is 0 Å². The van der Waals surface area contributed by atoms with Crippen LogP contribution in [0.4, 0.5) is 4.79 Å². The van der Waals surface area contributed by atoms with E-state index in [1.165, 1.54) is 11.1 Å². The molecule has 2 aromatic carbocycles. The first-order valence-electron chi connectivity index (χ1n) is 10.2. The van der Waals surface area contributed by atoms with Gasteiger partial charge in [0.2, 0.25) is 5.91 Å². The average Bonchev–Trinajstić information content (AvgIpc) is 2.68. The van der Waals surface area contributed by atoms with Crippen LogP contribution in [0.2, 0.25) is 0 Å². The van der Waals surface area contributed by atoms with Crippen molar-refractivity contribution < 1.29 is 14.3 Å². The Bertz CT molecular complexity index is 843. The van der Waals surface area contributed by atoms with E-state index in [2.05, 4.69) is 22.8 Å². The molecular weight excluding hydrogens is 364 g/mol. The van der Waals surface area contributed by atoms with Gasteiger partial charge in [-0.3, -0.25) is 4.79 Å². The standard InChI is InChI=1S/C24H30N2O3/c1-24(2,3)29-23(28)25-16-20(18-10-5-4-6-11-18)22(27)26-21-15-9-13-17-12-7-8-14-19(17)21/h4-8,10-12,14,20-21H,9,13,15-16H2,1-3H3,(H,25,28)(H,26,27)/t20-,21+/m0/s1. The molecule has 0 unspecified atom stereocenters. The summed E-state index contributed by atoms with van der Waals surface area (Å²) in [6.07, 6.45) is 2.50. The van der Waals surface area contributed by atoms with Crippen LogP contribution in [0.25, 0.3) is 0 Å². The highest BCUT2D eigenvalue weighted by molar-refractivity contribution is 5.85. The van der Waals surface area contributed by atoms with Crippen molar-refractivity contribution in [3.63, 3.8) is 0 Å². The van der Waals surface area contributed by atoms with Crippen molar-refractivity contribution in [3.8, 4) is 0 Å². The van der Waals surface area contributed by atoms with Gasteiger partial charge in [-0.15, -0.1) is 0 Å². The molecule has 2 N–H and O–H groups in total. The number of hydrogen-bond donors (Lipinski definition) is 2. The summed E-state index contributed by atoms with van der Waals surface area (Å²) >= 11 is 0. The summed E-state index contributed by atoms with van der Waals surface area (Å²) in [6, 6.07) is 17.8. The lowest BCUT2D eigenvalue weighted by Crippen LogP contribution is -2.41. The fraction of sp³-hybridized carbons (Fsp3) is 0.417. The van der Waals surface area contributed by atoms with Gasteiger partial charge in [0.1, 0.15) is 5.60 Å². The number of amides is 2. The molecule has 2 atom stereocenters. The summed E-state index contributed by atoms with van der Waals surface area (Å²) in [5, 5.41) is 5.97. The third-order valence-electron chi connectivity index (χ3n) is 5.05. The maximum absolute atomic E-state index is 13.2. The van der Waals surface area contributed by atoms with Gasteiger partial charge in [-0.1, -0.05) is 54.6 Å². The molecule has 0 saturated heterocycles. The van der Waals surface area contributed by atoms with Crippen LogP contribution in [-0.2, 0) is 16.0 Å². The minimum absolute atomic E-state index is 0.000175. The van der Waals surface area contributed by atoms with Crippen LogP contribution in [0.5, 0.6) is 0 Å². The Hall–Kier alpha value is -2.82. The van der Waals surface area contributed by atoms with Crippen LogP contribution < -0.4 is 10.6 Å². The second-order valence-corrected chi connectivity index (χ2v) is 8.50. The average molecular weight is 395 g/mol. The van der Waals surface area contributed by atoms with E-state index in [0.717, 1.165) is 24.8 Å². The normalized spacial score (nSPS) is 17.0. The largest absolute Gasteiger partial charge is 0.444 e. The molecule has 154 valence electrons. The molecule has 2 aromatic rings. The molecule has 29 heavy (non-hydrogen) atoms. The van der Waals surface area contributed by atoms with E-state index in [1.807, 2.05) is 63.2 Å². The van der Waals surface area contributed by atoms with Gasteiger partial charge in [0.15, 0.2) is 0 Å². The second kappa shape index (κ2) is 9.12. The van der Waals surface area contributed by atoms with Crippen LogP contribution in [0.15, 0.2) is 54.6 Å². The Labute approximate surface area is 172 Å². The predicted octanol–water partition coefficient (Wildman–Crippen LogP) is 4.49. The molecule has 0 heterocycles. The number of alkyl carbamates (subject to hydrolysis) is 1. The number of aryl methyl sites for hydroxylation is 1. The Morgan fingerprint density at radius 2 is 1.76 bits per heavy atom. The van der Waals surface area contributed by atoms with Crippen molar-refractivity contribution in [1.82, 2.24) is 10.6 Å². The van der Waals surface area contributed by atoms with E-state index in [0.29, 0.717) is 0 Å². The number of rotatable bonds is 5. The smallest absolute Gasteiger partial charge is 0.407 e. The third-order valence-corrected chi connectivity index (χ3v) is 5.05. The number of carbonyl (C=O) groups excluding carboxylic acids is 2. The molecule has 2 amide bonds. The first-order valence-corrected chi connectivity index (χ1v) is 10.2. The van der Waals surface area contributed by atoms with Crippen LogP contribution in [0, 0.1) is 0 Å². The molecule has 3 rings (SSSR count). The predicted molar refractivity (Wildman–Crippen MR) is 114 cm³/mol. The molecule has 0 radical (unpaired) electrons. The lowest BCUT2D eigenvalue weighted by atomic mass is 9.87. The van der Waals surface area contributed by atoms with Crippen LogP contribution in [0.1, 0.15) is 62.3 Å². The van der Waals surface area contributed by atoms with Gasteiger partial charge >= 0.3 is 6.09 Å². The molecule has 5 nitrogen and oxygen atoms in total. The monoisotopic (exact) mass is 394 g/mol. The fourth-order valence-electron chi connectivity index (χ4n) is 3.72. The molecular formula is C24H30N2O3. The van der Waals surface area contributed by atoms with Crippen molar-refractivity contribution in [2.75, 3.05) is 6.54 Å². The number of ether oxygens (including phenoxy) is 1. The Balaban J connectivity index is 1.73. The van der Waals surface area contributed by atoms with E-state index in [1.54, 1.807) is 0 Å². The molecule has 1 aliphatic rings. The summed E-state index contributed by atoms with van der Waals surface area (Å²) in [6.45, 7) is 5.62. The number of fused-ring (bicyclic) bond motifs is 1. The Morgan fingerprint density at radius 3 is 2.48 bits per heavy atom. The maximum Gasteiger partial charge on any atom is 0.407 e. The van der Waals surface area contributed by atoms with Gasteiger partial charge in [-0.05, 0) is 56.7 Å². The number of benzene rings is 2. The highest BCUT2D eigenvalue weighted by Gasteiger charge is 2.27. The van der Waals surface area contributed by atoms with Crippen molar-refractivity contribution in [2.24, 2.45) is 0 Å². The number of carbonyl (C=O) groups is 2. The van der Waals surface area contributed by atoms with E-state index in [9.17, 15) is 9.59 Å². The summed E-state index contributed by atoms with van der Waals surface area (Å²) in [7, 11) is 0. The molecule has 0 aliphatic heterocycles. The summed E-state index contributed by atoms with van der Waals surface area (Å²) in [4.78, 5) is 25.3. The SMILES string of the molecule is CC(C)(C)OC(=O)NC[C@H](C(=O)N[C@@H]1CCCc2ccccc21)c1ccccc1. The minimum Gasteiger partial charge on any atom is -0.444 e. The quantitative estimate of drug-likeness (QED) is 0.785. The van der Waals surface area contributed by atoms with Gasteiger partial charge in [0.05, 0.1) is 12.0 Å². The highest BCUT2D eigenvalue weighted by atomic mass is 16.6. The zero-order chi connectivity index (χ0) is 20.9. The zero-order valence-electron chi connectivity index (χ0n) is 17.4. The van der Waals surface area contributed by atoms with Crippen molar-refractivity contribution >= 4 is 12.0 Å². The van der Waals surface area contributed by atoms with Gasteiger partial charge < -0.3 is 15.4 Å². The molecule has 5 heteroatoms. The third kappa shape index (κ3) is 5.83. The number of hydrogen-bond acceptors (Lipinski definition) is 3. The first kappa shape index (κ1) is 20.9. The van der Waals surface area contributed by atoms with E-state index in [-0.39, 0.29) is 18.5 Å². The molecule has 0 saturated carbocycles. The minimum atomic E-state index is -0.583. The Kier molecular flexibility index (Phi) is 6.57. The van der Waals surface area contributed by atoms with Crippen LogP contribution in [0.3, 0.4) is 0 Å². The second-order valence-electron chi connectivity index (χ2n) is 8.50. The van der Waals surface area contributed by atoms with Crippen molar-refractivity contribution in [2.45, 2.75) is 57.6 Å². The molecule has 0 bridgehead atoms. The Morgan fingerprint density at radius 1 is 1.07 bits per heavy atom. The van der Waals surface area contributed by atoms with Crippen molar-refractivity contribution in [3.05, 3.63) is 71.3 Å². The molecule has 0 fully saturated rings. The fourth-order valence-corrected chi connectivity index (χ4v) is 3.72. The topological polar surface area (TPSA) is 67.4 Å². The van der Waals surface area contributed by atoms with Crippen LogP contribution in [-0.4, -0.2) is 24.1 Å². The van der Waals surface area contributed by atoms with Gasteiger partial charge in [0, 0.05) is 6.54 Å². The van der Waals surface area contributed by atoms with Crippen molar-refractivity contribution in [1.29, 1.82) is 0 Å². The van der Waals surface area contributed by atoms with Crippen LogP contribution >= 0.6 is 0 Å². The maximum atomic E-state index is 13.2. The molecule has 1 aliphatic carbocycles. The molecule has 0 aromatic heterocycles. The highest BCUT2D eigenvalue weighted by Crippen LogP contribution is 2.30. The van der Waals surface area contributed by atoms with E-state index in [4.69, 9.17) is 4.74 Å². The van der Waals surface area contributed by atoms with E-state index >= 15 is 0 Å². The zero-order valence-corrected chi connectivity index (χ0v) is 17.4. The summed E-state index contributed by atoms with van der Waals surface area (Å²) in [5.41, 5.74) is 2.77. The number of nitrogens with one attached hydrogen (secondary N) is 2. The first-order chi connectivity index (χ1) is 13.8. The van der Waals surface area contributed by atoms with E-state index < -0.39 is 17.6 Å². The van der Waals surface area contributed by atoms with Gasteiger partial charge in [-0.25, -0.2) is 4.79 Å². The summed E-state index contributed by atoms with van der Waals surface area (Å²) in [5.74, 6) is -0.577. The molecule has 0 spiro atoms.